The van der Waals surface area contributed by atoms with Gasteiger partial charge in [0.1, 0.15) is 0 Å². The van der Waals surface area contributed by atoms with Crippen molar-refractivity contribution in [2.24, 2.45) is 0 Å². The normalized spacial score (nSPS) is 17.7. The first-order valence-corrected chi connectivity index (χ1v) is 8.27. The molecule has 2 rings (SSSR count). The van der Waals surface area contributed by atoms with Crippen LogP contribution in [0.4, 0.5) is 0 Å². The third kappa shape index (κ3) is 4.78. The van der Waals surface area contributed by atoms with E-state index in [-0.39, 0.29) is 12.5 Å². The third-order valence-electron chi connectivity index (χ3n) is 3.64. The van der Waals surface area contributed by atoms with Crippen LogP contribution < -0.4 is 5.32 Å². The number of thiophene rings is 1. The van der Waals surface area contributed by atoms with Crippen molar-refractivity contribution in [3.8, 4) is 0 Å². The Balaban J connectivity index is 1.77. The number of amides is 1. The highest BCUT2D eigenvalue weighted by molar-refractivity contribution is 7.14. The molecule has 118 valence electrons. The fourth-order valence-electron chi connectivity index (χ4n) is 2.43. The Morgan fingerprint density at radius 2 is 2.24 bits per heavy atom. The lowest BCUT2D eigenvalue weighted by Gasteiger charge is -2.28. The lowest BCUT2D eigenvalue weighted by Crippen LogP contribution is -2.44. The van der Waals surface area contributed by atoms with Crippen LogP contribution in [0, 0.1) is 6.92 Å². The van der Waals surface area contributed by atoms with Crippen molar-refractivity contribution in [1.29, 1.82) is 0 Å². The molecule has 1 fully saturated rings. The summed E-state index contributed by atoms with van der Waals surface area (Å²) in [5.41, 5.74) is 1.17. The van der Waals surface area contributed by atoms with Gasteiger partial charge < -0.3 is 15.2 Å². The van der Waals surface area contributed by atoms with Gasteiger partial charge in [0, 0.05) is 31.1 Å². The number of aryl methyl sites for hydroxylation is 2. The van der Waals surface area contributed by atoms with Crippen molar-refractivity contribution in [3.05, 3.63) is 21.4 Å². The van der Waals surface area contributed by atoms with Gasteiger partial charge in [0.25, 0.3) is 5.91 Å². The number of rotatable bonds is 6. The second-order valence-electron chi connectivity index (χ2n) is 5.35. The van der Waals surface area contributed by atoms with Crippen LogP contribution in [-0.2, 0) is 11.2 Å². The molecule has 0 saturated carbocycles. The minimum Gasteiger partial charge on any atom is -0.390 e. The minimum absolute atomic E-state index is 0.0937. The van der Waals surface area contributed by atoms with Gasteiger partial charge in [-0.15, -0.1) is 11.3 Å². The summed E-state index contributed by atoms with van der Waals surface area (Å²) in [6, 6.07) is 1.92. The Labute approximate surface area is 129 Å². The van der Waals surface area contributed by atoms with Crippen molar-refractivity contribution in [1.82, 2.24) is 10.2 Å². The van der Waals surface area contributed by atoms with Gasteiger partial charge in [-0.25, -0.2) is 0 Å². The predicted octanol–water partition coefficient (Wildman–Crippen LogP) is 1.04. The summed E-state index contributed by atoms with van der Waals surface area (Å²) in [6.07, 6.45) is 0.405. The number of ether oxygens (including phenoxy) is 1. The van der Waals surface area contributed by atoms with Gasteiger partial charge in [-0.05, 0) is 25.0 Å². The Bertz CT molecular complexity index is 469. The van der Waals surface area contributed by atoms with Gasteiger partial charge in [-0.1, -0.05) is 6.92 Å². The minimum atomic E-state index is -0.543. The number of carbonyl (C=O) groups is 1. The SMILES string of the molecule is CCc1sc(C(=O)NCC(O)CN2CCOCC2)cc1C. The van der Waals surface area contributed by atoms with E-state index in [0.717, 1.165) is 24.4 Å². The summed E-state index contributed by atoms with van der Waals surface area (Å²) in [6.45, 7) is 8.10. The Morgan fingerprint density at radius 3 is 2.86 bits per heavy atom. The zero-order valence-corrected chi connectivity index (χ0v) is 13.5. The molecule has 0 spiro atoms. The Hall–Kier alpha value is -0.950. The van der Waals surface area contributed by atoms with Gasteiger partial charge in [-0.2, -0.15) is 0 Å². The molecule has 1 saturated heterocycles. The largest absolute Gasteiger partial charge is 0.390 e. The fourth-order valence-corrected chi connectivity index (χ4v) is 3.46. The second kappa shape index (κ2) is 7.89. The van der Waals surface area contributed by atoms with Crippen LogP contribution in [0.3, 0.4) is 0 Å². The topological polar surface area (TPSA) is 61.8 Å². The van der Waals surface area contributed by atoms with E-state index < -0.39 is 6.10 Å². The van der Waals surface area contributed by atoms with Crippen molar-refractivity contribution in [2.75, 3.05) is 39.4 Å². The maximum absolute atomic E-state index is 12.1. The molecule has 1 unspecified atom stereocenters. The highest BCUT2D eigenvalue weighted by Crippen LogP contribution is 2.22. The number of β-amino-alcohol motifs (C(OH)–C–C–N with tert-alkyl or cyclic N) is 1. The van der Waals surface area contributed by atoms with Crippen LogP contribution in [-0.4, -0.2) is 61.4 Å². The second-order valence-corrected chi connectivity index (χ2v) is 6.48. The van der Waals surface area contributed by atoms with Crippen molar-refractivity contribution >= 4 is 17.2 Å². The van der Waals surface area contributed by atoms with Crippen LogP contribution >= 0.6 is 11.3 Å². The summed E-state index contributed by atoms with van der Waals surface area (Å²) in [5, 5.41) is 12.8. The monoisotopic (exact) mass is 312 g/mol. The number of aliphatic hydroxyl groups is 1. The number of nitrogens with zero attached hydrogens (tertiary/aromatic N) is 1. The third-order valence-corrected chi connectivity index (χ3v) is 5.02. The molecule has 0 bridgehead atoms. The highest BCUT2D eigenvalue weighted by atomic mass is 32.1. The molecule has 6 heteroatoms. The number of aliphatic hydroxyl groups excluding tert-OH is 1. The first-order valence-electron chi connectivity index (χ1n) is 7.45. The summed E-state index contributed by atoms with van der Waals surface area (Å²) in [4.78, 5) is 16.2. The van der Waals surface area contributed by atoms with Gasteiger partial charge in [0.05, 0.1) is 24.2 Å². The van der Waals surface area contributed by atoms with E-state index in [1.807, 2.05) is 13.0 Å². The average Bonchev–Trinajstić information content (AvgIpc) is 2.87. The van der Waals surface area contributed by atoms with E-state index in [1.165, 1.54) is 21.8 Å². The molecule has 1 aliphatic heterocycles. The maximum atomic E-state index is 12.1. The molecular formula is C15H24N2O3S. The molecule has 2 heterocycles. The molecule has 1 aliphatic rings. The first kappa shape index (κ1) is 16.4. The number of hydrogen-bond donors (Lipinski definition) is 2. The summed E-state index contributed by atoms with van der Waals surface area (Å²) in [5.74, 6) is -0.0937. The van der Waals surface area contributed by atoms with Gasteiger partial charge >= 0.3 is 0 Å². The molecule has 2 N–H and O–H groups in total. The molecular weight excluding hydrogens is 288 g/mol. The Kier molecular flexibility index (Phi) is 6.17. The van der Waals surface area contributed by atoms with E-state index in [4.69, 9.17) is 4.74 Å². The standard InChI is InChI=1S/C15H24N2O3S/c1-3-13-11(2)8-14(21-13)15(19)16-9-12(18)10-17-4-6-20-7-5-17/h8,12,18H,3-7,9-10H2,1-2H3,(H,16,19). The van der Waals surface area contributed by atoms with E-state index >= 15 is 0 Å². The van der Waals surface area contributed by atoms with E-state index in [1.54, 1.807) is 0 Å². The zero-order chi connectivity index (χ0) is 15.2. The number of morpholine rings is 1. The maximum Gasteiger partial charge on any atom is 0.261 e. The predicted molar refractivity (Wildman–Crippen MR) is 84.0 cm³/mol. The molecule has 0 aromatic carbocycles. The lowest BCUT2D eigenvalue weighted by atomic mass is 10.2. The molecule has 1 aromatic heterocycles. The molecule has 1 aromatic rings. The highest BCUT2D eigenvalue weighted by Gasteiger charge is 2.17. The van der Waals surface area contributed by atoms with Gasteiger partial charge in [0.15, 0.2) is 0 Å². The van der Waals surface area contributed by atoms with E-state index in [9.17, 15) is 9.90 Å². The first-order chi connectivity index (χ1) is 10.1. The van der Waals surface area contributed by atoms with Crippen molar-refractivity contribution in [3.63, 3.8) is 0 Å². The molecule has 1 amide bonds. The quantitative estimate of drug-likeness (QED) is 0.824. The number of hydrogen-bond acceptors (Lipinski definition) is 5. The van der Waals surface area contributed by atoms with Crippen LogP contribution in [0.25, 0.3) is 0 Å². The molecule has 21 heavy (non-hydrogen) atoms. The van der Waals surface area contributed by atoms with Gasteiger partial charge in [0.2, 0.25) is 0 Å². The molecule has 1 atom stereocenters. The number of nitrogens with one attached hydrogen (secondary N) is 1. The summed E-state index contributed by atoms with van der Waals surface area (Å²) in [7, 11) is 0. The molecule has 5 nitrogen and oxygen atoms in total. The van der Waals surface area contributed by atoms with Crippen LogP contribution in [0.1, 0.15) is 27.0 Å². The van der Waals surface area contributed by atoms with Crippen LogP contribution in [0.2, 0.25) is 0 Å². The smallest absolute Gasteiger partial charge is 0.261 e. The average molecular weight is 312 g/mol. The van der Waals surface area contributed by atoms with Crippen LogP contribution in [0.5, 0.6) is 0 Å². The van der Waals surface area contributed by atoms with Crippen molar-refractivity contribution < 1.29 is 14.6 Å². The van der Waals surface area contributed by atoms with E-state index in [2.05, 4.69) is 17.1 Å². The lowest BCUT2D eigenvalue weighted by molar-refractivity contribution is 0.0149. The molecule has 0 aliphatic carbocycles. The van der Waals surface area contributed by atoms with Crippen LogP contribution in [0.15, 0.2) is 6.07 Å². The van der Waals surface area contributed by atoms with Crippen molar-refractivity contribution in [2.45, 2.75) is 26.4 Å². The molecule has 0 radical (unpaired) electrons. The van der Waals surface area contributed by atoms with E-state index in [0.29, 0.717) is 19.8 Å². The summed E-state index contributed by atoms with van der Waals surface area (Å²) < 4.78 is 5.27. The van der Waals surface area contributed by atoms with Gasteiger partial charge in [-0.3, -0.25) is 9.69 Å². The Morgan fingerprint density at radius 1 is 1.52 bits per heavy atom. The fraction of sp³-hybridized carbons (Fsp3) is 0.667. The zero-order valence-electron chi connectivity index (χ0n) is 12.7. The summed E-state index contributed by atoms with van der Waals surface area (Å²) >= 11 is 1.53. The number of carbonyl (C=O) groups excluding carboxylic acids is 1.